The summed E-state index contributed by atoms with van der Waals surface area (Å²) in [4.78, 5) is 17.1. The lowest BCUT2D eigenvalue weighted by Gasteiger charge is -2.58. The van der Waals surface area contributed by atoms with Crippen LogP contribution in [0.5, 0.6) is 17.2 Å². The number of aliphatic hydroxyl groups is 2. The van der Waals surface area contributed by atoms with Gasteiger partial charge in [0.2, 0.25) is 5.79 Å². The summed E-state index contributed by atoms with van der Waals surface area (Å²) in [6.45, 7) is 4.82. The van der Waals surface area contributed by atoms with Gasteiger partial charge in [0, 0.05) is 48.5 Å². The predicted octanol–water partition coefficient (Wildman–Crippen LogP) is 11.0. The maximum absolute atomic E-state index is 11.3. The van der Waals surface area contributed by atoms with Crippen LogP contribution in [0.15, 0.2) is 114 Å². The van der Waals surface area contributed by atoms with E-state index in [4.69, 9.17) is 24.2 Å². The summed E-state index contributed by atoms with van der Waals surface area (Å²) in [5, 5.41) is 38.7. The molecular formula is C49H56N2O8S. The van der Waals surface area contributed by atoms with Gasteiger partial charge < -0.3 is 29.3 Å². The minimum atomic E-state index is -1.03. The van der Waals surface area contributed by atoms with E-state index in [2.05, 4.69) is 49.1 Å². The summed E-state index contributed by atoms with van der Waals surface area (Å²) >= 11 is 1.96. The highest BCUT2D eigenvalue weighted by Crippen LogP contribution is 2.63. The average molecular weight is 833 g/mol. The fraction of sp³-hybridized carbons (Fsp3) is 0.449. The molecule has 11 heteroatoms. The number of thioether (sulfide) groups is 1. The Morgan fingerprint density at radius 3 is 2.40 bits per heavy atom. The zero-order chi connectivity index (χ0) is 41.5. The number of nitro benzene ring substituents is 1. The molecule has 2 saturated carbocycles. The Kier molecular flexibility index (Phi) is 13.6. The Bertz CT molecular complexity index is 2190. The minimum Gasteiger partial charge on any atom is -0.460 e. The topological polar surface area (TPSA) is 133 Å². The maximum Gasteiger partial charge on any atom is 0.269 e. The SMILES string of the molecule is C=CCO[C@@]12Oc3ccc(Oc4ccc5ccccc5c4)cc3[C@H]3[C@H](CCCCO)[C@@H](CCCCO)C=C(C(=NOCc4ccc([N+](=O)[O-])cc4)C[C@@H]1SC1CCCC1)[C@H]32. The molecule has 4 aromatic carbocycles. The molecule has 4 aromatic rings. The van der Waals surface area contributed by atoms with E-state index in [9.17, 15) is 20.3 Å². The average Bonchev–Trinajstić information content (AvgIpc) is 3.78. The van der Waals surface area contributed by atoms with Crippen molar-refractivity contribution in [1.82, 2.24) is 0 Å². The molecule has 3 aliphatic carbocycles. The van der Waals surface area contributed by atoms with E-state index >= 15 is 0 Å². The number of nitrogens with zero attached hydrogens (tertiary/aromatic N) is 2. The third-order valence-corrected chi connectivity index (χ3v) is 14.5. The number of ether oxygens (including phenoxy) is 3. The first-order valence-electron chi connectivity index (χ1n) is 21.7. The summed E-state index contributed by atoms with van der Waals surface area (Å²) in [6.07, 6.45) is 14.4. The Balaban J connectivity index is 1.25. The fourth-order valence-electron chi connectivity index (χ4n) is 10.0. The van der Waals surface area contributed by atoms with E-state index in [1.807, 2.05) is 36.0 Å². The van der Waals surface area contributed by atoms with E-state index in [-0.39, 0.29) is 54.4 Å². The highest BCUT2D eigenvalue weighted by Gasteiger charge is 2.64. The van der Waals surface area contributed by atoms with Gasteiger partial charge in [-0.1, -0.05) is 73.3 Å². The van der Waals surface area contributed by atoms with E-state index in [0.29, 0.717) is 31.1 Å². The molecule has 4 aliphatic rings. The third-order valence-electron chi connectivity index (χ3n) is 12.8. The summed E-state index contributed by atoms with van der Waals surface area (Å²) in [5.74, 6) is 1.26. The first-order valence-corrected chi connectivity index (χ1v) is 22.6. The molecule has 10 nitrogen and oxygen atoms in total. The second-order valence-electron chi connectivity index (χ2n) is 16.6. The Hall–Kier alpha value is -4.68. The van der Waals surface area contributed by atoms with Crippen LogP contribution in [0.25, 0.3) is 10.8 Å². The third kappa shape index (κ3) is 9.00. The number of benzene rings is 4. The van der Waals surface area contributed by atoms with Crippen LogP contribution in [-0.2, 0) is 16.2 Å². The van der Waals surface area contributed by atoms with Crippen molar-refractivity contribution in [3.63, 3.8) is 0 Å². The molecule has 0 radical (unpaired) electrons. The van der Waals surface area contributed by atoms with E-state index < -0.39 is 10.7 Å². The van der Waals surface area contributed by atoms with Crippen LogP contribution in [0.4, 0.5) is 5.69 Å². The molecule has 0 bridgehead atoms. The Morgan fingerprint density at radius 1 is 0.917 bits per heavy atom. The lowest BCUT2D eigenvalue weighted by molar-refractivity contribution is -0.384. The van der Waals surface area contributed by atoms with Crippen LogP contribution in [-0.4, -0.2) is 57.0 Å². The van der Waals surface area contributed by atoms with Crippen LogP contribution in [0.1, 0.15) is 87.7 Å². The molecule has 0 spiro atoms. The minimum absolute atomic E-state index is 0.0302. The number of non-ortho nitro benzene ring substituents is 1. The van der Waals surface area contributed by atoms with Gasteiger partial charge in [-0.25, -0.2) is 0 Å². The monoisotopic (exact) mass is 832 g/mol. The fourth-order valence-corrected chi connectivity index (χ4v) is 11.8. The van der Waals surface area contributed by atoms with Gasteiger partial charge in [-0.15, -0.1) is 18.3 Å². The highest BCUT2D eigenvalue weighted by atomic mass is 32.2. The maximum atomic E-state index is 11.3. The van der Waals surface area contributed by atoms with Crippen molar-refractivity contribution in [2.24, 2.45) is 22.9 Å². The van der Waals surface area contributed by atoms with Gasteiger partial charge in [-0.2, -0.15) is 0 Å². The van der Waals surface area contributed by atoms with Gasteiger partial charge in [-0.05, 0) is 115 Å². The molecule has 2 fully saturated rings. The molecule has 0 saturated heterocycles. The Morgan fingerprint density at radius 2 is 1.65 bits per heavy atom. The standard InChI is InChI=1S/C49H56N2O8S/c1-2-27-56-49-46(60-40-14-5-6-15-40)31-44(50-57-32-33-17-20-37(21-18-33)51(54)55)42-29-36(13-7-9-25-52)41(16-8-10-26-53)47(48(42)49)43-30-39(23-24-45(43)59-49)58-38-22-19-34-11-3-4-12-35(34)28-38/h2-4,11-12,17-24,28-30,36,40-41,46-48,52-53H,1,5-10,13-16,25-27,31-32H2/t36-,41+,46-,47+,48+,49+/m0/s1. The second kappa shape index (κ2) is 19.4. The van der Waals surface area contributed by atoms with E-state index in [1.54, 1.807) is 18.2 Å². The molecule has 316 valence electrons. The van der Waals surface area contributed by atoms with Crippen molar-refractivity contribution in [3.05, 3.63) is 130 Å². The number of allylic oxidation sites excluding steroid dienone is 1. The van der Waals surface area contributed by atoms with Crippen LogP contribution in [0, 0.1) is 27.9 Å². The first kappa shape index (κ1) is 42.0. The highest BCUT2D eigenvalue weighted by molar-refractivity contribution is 8.00. The van der Waals surface area contributed by atoms with Crippen molar-refractivity contribution in [2.75, 3.05) is 19.8 Å². The van der Waals surface area contributed by atoms with Gasteiger partial charge >= 0.3 is 0 Å². The summed E-state index contributed by atoms with van der Waals surface area (Å²) in [5.41, 5.74) is 3.83. The summed E-state index contributed by atoms with van der Waals surface area (Å²) in [6, 6.07) is 27.0. The summed E-state index contributed by atoms with van der Waals surface area (Å²) < 4.78 is 21.1. The van der Waals surface area contributed by atoms with Crippen LogP contribution in [0.2, 0.25) is 0 Å². The van der Waals surface area contributed by atoms with Crippen molar-refractivity contribution in [1.29, 1.82) is 0 Å². The molecular weight excluding hydrogens is 777 g/mol. The molecule has 0 aromatic heterocycles. The molecule has 60 heavy (non-hydrogen) atoms. The number of rotatable bonds is 19. The van der Waals surface area contributed by atoms with Crippen LogP contribution < -0.4 is 9.47 Å². The van der Waals surface area contributed by atoms with Crippen molar-refractivity contribution in [2.45, 2.75) is 99.4 Å². The number of oxime groups is 1. The van der Waals surface area contributed by atoms with Crippen LogP contribution >= 0.6 is 11.8 Å². The largest absolute Gasteiger partial charge is 0.460 e. The van der Waals surface area contributed by atoms with Crippen molar-refractivity contribution in [3.8, 4) is 17.2 Å². The van der Waals surface area contributed by atoms with Crippen molar-refractivity contribution < 1.29 is 34.2 Å². The van der Waals surface area contributed by atoms with Gasteiger partial charge in [-0.3, -0.25) is 10.1 Å². The molecule has 8 rings (SSSR count). The van der Waals surface area contributed by atoms with E-state index in [1.165, 1.54) is 25.0 Å². The van der Waals surface area contributed by atoms with Gasteiger partial charge in [0.15, 0.2) is 0 Å². The number of hydrogen-bond acceptors (Lipinski definition) is 10. The van der Waals surface area contributed by atoms with Gasteiger partial charge in [0.1, 0.15) is 23.9 Å². The molecule has 2 N–H and O–H groups in total. The second-order valence-corrected chi connectivity index (χ2v) is 18.1. The molecule has 0 amide bonds. The van der Waals surface area contributed by atoms with Crippen LogP contribution in [0.3, 0.4) is 0 Å². The number of nitro groups is 1. The molecule has 0 unspecified atom stereocenters. The number of aliphatic hydroxyl groups excluding tert-OH is 2. The first-order chi connectivity index (χ1) is 29.4. The zero-order valence-electron chi connectivity index (χ0n) is 34.2. The normalized spacial score (nSPS) is 25.3. The lowest BCUT2D eigenvalue weighted by atomic mass is 9.56. The van der Waals surface area contributed by atoms with Gasteiger partial charge in [0.25, 0.3) is 5.69 Å². The Labute approximate surface area is 356 Å². The number of fused-ring (bicyclic) bond motifs is 3. The van der Waals surface area contributed by atoms with E-state index in [0.717, 1.165) is 89.0 Å². The molecule has 6 atom stereocenters. The number of hydrogen-bond donors (Lipinski definition) is 2. The summed E-state index contributed by atoms with van der Waals surface area (Å²) in [7, 11) is 0. The quantitative estimate of drug-likeness (QED) is 0.0410. The van der Waals surface area contributed by atoms with Crippen molar-refractivity contribution >= 4 is 33.9 Å². The lowest BCUT2D eigenvalue weighted by Crippen LogP contribution is -2.64. The molecule has 1 heterocycles. The number of unbranched alkanes of at least 4 members (excludes halogenated alkanes) is 2. The van der Waals surface area contributed by atoms with Gasteiger partial charge in [0.05, 0.1) is 28.4 Å². The molecule has 1 aliphatic heterocycles. The smallest absolute Gasteiger partial charge is 0.269 e. The zero-order valence-corrected chi connectivity index (χ0v) is 35.0. The predicted molar refractivity (Wildman–Crippen MR) is 237 cm³/mol.